The summed E-state index contributed by atoms with van der Waals surface area (Å²) < 4.78 is 34.8. The third kappa shape index (κ3) is 11.8. The second-order valence-electron chi connectivity index (χ2n) is 35.4. The van der Waals surface area contributed by atoms with Gasteiger partial charge in [0.25, 0.3) is 0 Å². The molecule has 0 saturated carbocycles. The molecule has 30 aromatic rings. The van der Waals surface area contributed by atoms with Gasteiger partial charge in [0.15, 0.2) is 46.1 Å². The van der Waals surface area contributed by atoms with Crippen molar-refractivity contribution in [1.29, 1.82) is 0 Å². The molecule has 0 aliphatic rings. The highest BCUT2D eigenvalue weighted by molar-refractivity contribution is 6.24. The van der Waals surface area contributed by atoms with Crippen LogP contribution < -0.4 is 0 Å². The lowest BCUT2D eigenvalue weighted by Gasteiger charge is -2.14. The first-order valence-electron chi connectivity index (χ1n) is 46.1. The molecule has 30 rings (SSSR count). The molecule has 0 radical (unpaired) electrons. The number of rotatable bonds is 10. The maximum atomic E-state index is 7.25. The average Bonchev–Trinajstić information content (AvgIpc) is 1.56. The summed E-state index contributed by atoms with van der Waals surface area (Å²) in [4.78, 5) is 32.6. The van der Waals surface area contributed by atoms with Gasteiger partial charge in [-0.1, -0.05) is 297 Å². The third-order valence-corrected chi connectivity index (χ3v) is 27.7. The molecular weight excluding hydrogens is 1680 g/mol. The van der Waals surface area contributed by atoms with Crippen molar-refractivity contribution >= 4 is 196 Å². The Bertz CT molecular complexity index is 10400. The van der Waals surface area contributed by atoms with E-state index in [0.717, 1.165) is 215 Å². The number of benzene rings is 21. The van der Waals surface area contributed by atoms with E-state index in [2.05, 4.69) is 396 Å². The molecule has 13 heteroatoms. The van der Waals surface area contributed by atoms with Crippen molar-refractivity contribution in [3.8, 4) is 96.5 Å². The highest BCUT2D eigenvalue weighted by Crippen LogP contribution is 2.50. The van der Waals surface area contributed by atoms with Crippen LogP contribution >= 0.6 is 0 Å². The minimum absolute atomic E-state index is 0.504. The van der Waals surface area contributed by atoms with Crippen LogP contribution in [0.25, 0.3) is 293 Å². The first-order chi connectivity index (χ1) is 67.9. The van der Waals surface area contributed by atoms with Crippen LogP contribution in [0.3, 0.4) is 0 Å². The number of nitrogens with zero attached hydrogens (tertiary/aromatic N) is 9. The van der Waals surface area contributed by atoms with Gasteiger partial charge in [-0.3, -0.25) is 0 Å². The molecule has 0 unspecified atom stereocenters. The van der Waals surface area contributed by atoms with Crippen molar-refractivity contribution in [2.45, 2.75) is 0 Å². The van der Waals surface area contributed by atoms with Gasteiger partial charge in [-0.25, -0.2) is 29.9 Å². The fourth-order valence-electron chi connectivity index (χ4n) is 21.5. The lowest BCUT2D eigenvalue weighted by molar-refractivity contribution is 0.667. The molecule has 9 heterocycles. The van der Waals surface area contributed by atoms with Crippen LogP contribution in [0, 0.1) is 0 Å². The van der Waals surface area contributed by atoms with Gasteiger partial charge in [0.2, 0.25) is 0 Å². The van der Waals surface area contributed by atoms with E-state index in [4.69, 9.17) is 47.6 Å². The molecular formula is C124H71N9O4. The number of para-hydroxylation sites is 9. The Morgan fingerprint density at radius 2 is 0.547 bits per heavy atom. The minimum atomic E-state index is 0.504. The Kier molecular flexibility index (Phi) is 16.6. The summed E-state index contributed by atoms with van der Waals surface area (Å²) in [7, 11) is 0. The maximum Gasteiger partial charge on any atom is 0.167 e. The number of aromatic nitrogens is 9. The summed E-state index contributed by atoms with van der Waals surface area (Å²) in [6.45, 7) is 0. The van der Waals surface area contributed by atoms with Crippen LogP contribution in [-0.4, -0.2) is 43.6 Å². The van der Waals surface area contributed by atoms with E-state index in [1.807, 2.05) is 48.5 Å². The first kappa shape index (κ1) is 76.0. The van der Waals surface area contributed by atoms with Crippen molar-refractivity contribution in [3.63, 3.8) is 0 Å². The predicted octanol–water partition coefficient (Wildman–Crippen LogP) is 32.9. The van der Waals surface area contributed by atoms with E-state index in [0.29, 0.717) is 34.9 Å². The number of furan rings is 4. The van der Waals surface area contributed by atoms with E-state index in [9.17, 15) is 0 Å². The SMILES string of the molecule is c1ccc(-c2cccc(-c3nc(-c4cccc5c4oc4ccccc45)nc(-c4ccc(-n5c6ccccc6c6cc7ccccc7cc65)c5oc6c7ccccc7ccc6c45)n3)c2)cc1.c1ccc(-n2c3ccccc3c3cccc(-c4nc(-c5cccc6c5oc5ccccc56)nc(-c5ccc(-n6c7ccccc7c7cc8ccccc8cc76)c6oc7cc8ccccc8cc7c56)n4)c32)cc1. The zero-order chi connectivity index (χ0) is 89.6. The molecule has 636 valence electrons. The van der Waals surface area contributed by atoms with Crippen molar-refractivity contribution in [1.82, 2.24) is 43.6 Å². The maximum absolute atomic E-state index is 7.25. The molecule has 0 N–H and O–H groups in total. The molecule has 0 fully saturated rings. The molecule has 0 bridgehead atoms. The Balaban J connectivity index is 0.000000133. The molecule has 0 aliphatic heterocycles. The largest absolute Gasteiger partial charge is 0.455 e. The van der Waals surface area contributed by atoms with Crippen molar-refractivity contribution in [3.05, 3.63) is 431 Å². The van der Waals surface area contributed by atoms with Gasteiger partial charge in [0.05, 0.1) is 55.6 Å². The molecule has 9 aromatic heterocycles. The summed E-state index contributed by atoms with van der Waals surface area (Å²) in [5, 5.41) is 23.9. The minimum Gasteiger partial charge on any atom is -0.455 e. The predicted molar refractivity (Wildman–Crippen MR) is 560 cm³/mol. The molecule has 0 amide bonds. The second kappa shape index (κ2) is 29.9. The highest BCUT2D eigenvalue weighted by Gasteiger charge is 2.30. The molecule has 0 spiro atoms. The second-order valence-corrected chi connectivity index (χ2v) is 35.4. The van der Waals surface area contributed by atoms with Crippen LogP contribution in [0.15, 0.2) is 448 Å². The van der Waals surface area contributed by atoms with Gasteiger partial charge in [-0.2, -0.15) is 0 Å². The molecule has 0 atom stereocenters. The monoisotopic (exact) mass is 1750 g/mol. The van der Waals surface area contributed by atoms with E-state index >= 15 is 0 Å². The Morgan fingerprint density at radius 3 is 1.11 bits per heavy atom. The average molecular weight is 1750 g/mol. The smallest absolute Gasteiger partial charge is 0.167 e. The van der Waals surface area contributed by atoms with Crippen LogP contribution in [0.1, 0.15) is 0 Å². The fraction of sp³-hybridized carbons (Fsp3) is 0. The molecule has 137 heavy (non-hydrogen) atoms. The highest BCUT2D eigenvalue weighted by atomic mass is 16.3. The summed E-state index contributed by atoms with van der Waals surface area (Å²) in [6, 6.07) is 151. The zero-order valence-electron chi connectivity index (χ0n) is 73.1. The van der Waals surface area contributed by atoms with E-state index in [-0.39, 0.29) is 0 Å². The van der Waals surface area contributed by atoms with Gasteiger partial charge >= 0.3 is 0 Å². The molecule has 21 aromatic carbocycles. The lowest BCUT2D eigenvalue weighted by Crippen LogP contribution is -2.03. The first-order valence-corrected chi connectivity index (χ1v) is 46.1. The normalized spacial score (nSPS) is 12.1. The summed E-state index contributed by atoms with van der Waals surface area (Å²) >= 11 is 0. The Morgan fingerprint density at radius 1 is 0.168 bits per heavy atom. The van der Waals surface area contributed by atoms with E-state index in [1.54, 1.807) is 0 Å². The van der Waals surface area contributed by atoms with Gasteiger partial charge in [0.1, 0.15) is 33.5 Å². The fourth-order valence-corrected chi connectivity index (χ4v) is 21.5. The quantitative estimate of drug-likeness (QED) is 0.130. The Labute approximate surface area is 779 Å². The molecule has 0 saturated heterocycles. The number of hydrogen-bond donors (Lipinski definition) is 0. The summed E-state index contributed by atoms with van der Waals surface area (Å²) in [5.74, 6) is 3.17. The molecule has 0 aliphatic carbocycles. The van der Waals surface area contributed by atoms with E-state index < -0.39 is 0 Å². The van der Waals surface area contributed by atoms with Crippen LogP contribution in [0.2, 0.25) is 0 Å². The molecule has 13 nitrogen and oxygen atoms in total. The van der Waals surface area contributed by atoms with Crippen LogP contribution in [0.4, 0.5) is 0 Å². The summed E-state index contributed by atoms with van der Waals surface area (Å²) in [5.41, 5.74) is 22.7. The zero-order valence-corrected chi connectivity index (χ0v) is 73.1. The topological polar surface area (TPSA) is 145 Å². The van der Waals surface area contributed by atoms with Gasteiger partial charge in [-0.05, 0) is 182 Å². The standard InChI is InChI=1S/C65H37N5O2.C59H34N4O2/c1-2-20-42(21-3-1)69-53-29-11-8-22-43(53)46-25-14-27-49(60(46)69)64-66-63(67-65(68-64)50-28-15-26-47-45-24-10-13-31-57(45)71-61(47)50)48-32-33-55(62-59(48)52-35-39-17-5-7-19-41(39)37-58(52)72-62)70-54-30-12-9-23-44(54)51-34-38-16-4-6-18-40(38)36-56(51)70;1-2-14-35(15-3-1)37-19-12-20-40(32-37)57-60-58(62-59(61-57)47-25-13-24-44-43-23-9-11-27-52(43)64-55(44)47)46-30-31-50(56-53(46)45-29-28-36-16-6-7-21-41(36)54(45)65-56)63-49-26-10-8-22-42(49)48-33-38-17-4-5-18-39(38)34-51(48)63/h1-37H;1-34H. The third-order valence-electron chi connectivity index (χ3n) is 27.7. The van der Waals surface area contributed by atoms with Crippen LogP contribution in [-0.2, 0) is 0 Å². The number of hydrogen-bond acceptors (Lipinski definition) is 10. The number of fused-ring (bicyclic) bond motifs is 26. The summed E-state index contributed by atoms with van der Waals surface area (Å²) in [6.07, 6.45) is 0. The lowest BCUT2D eigenvalue weighted by atomic mass is 10.0. The van der Waals surface area contributed by atoms with Crippen molar-refractivity contribution in [2.24, 2.45) is 0 Å². The van der Waals surface area contributed by atoms with Gasteiger partial charge < -0.3 is 31.4 Å². The Hall–Kier alpha value is -18.7. The van der Waals surface area contributed by atoms with Crippen molar-refractivity contribution in [2.75, 3.05) is 0 Å². The van der Waals surface area contributed by atoms with E-state index in [1.165, 1.54) is 43.1 Å². The van der Waals surface area contributed by atoms with Gasteiger partial charge in [-0.15, -0.1) is 0 Å². The van der Waals surface area contributed by atoms with Crippen molar-refractivity contribution < 1.29 is 17.7 Å². The van der Waals surface area contributed by atoms with Crippen LogP contribution in [0.5, 0.6) is 0 Å². The van der Waals surface area contributed by atoms with Gasteiger partial charge in [0, 0.05) is 109 Å².